The number of rotatable bonds is 5. The minimum atomic E-state index is 0.596. The van der Waals surface area contributed by atoms with E-state index in [1.165, 1.54) is 18.4 Å². The standard InChI is InChI=1S/C14H18N2O/c1-11-4-3-5-12(10-15)14(11)16(8-9-17-2)13-6-7-13/h3-5,13H,6-9H2,1-2H3. The van der Waals surface area contributed by atoms with E-state index in [2.05, 4.69) is 24.0 Å². The molecule has 17 heavy (non-hydrogen) atoms. The monoisotopic (exact) mass is 230 g/mol. The lowest BCUT2D eigenvalue weighted by Crippen LogP contribution is -2.30. The first-order valence-electron chi connectivity index (χ1n) is 6.03. The van der Waals surface area contributed by atoms with Crippen LogP contribution >= 0.6 is 0 Å². The Morgan fingerprint density at radius 1 is 1.47 bits per heavy atom. The quantitative estimate of drug-likeness (QED) is 0.779. The third-order valence-corrected chi connectivity index (χ3v) is 3.17. The van der Waals surface area contributed by atoms with Gasteiger partial charge in [-0.3, -0.25) is 0 Å². The molecular formula is C14H18N2O. The van der Waals surface area contributed by atoms with Gasteiger partial charge >= 0.3 is 0 Å². The molecule has 0 heterocycles. The van der Waals surface area contributed by atoms with E-state index in [0.29, 0.717) is 12.6 Å². The molecule has 1 saturated carbocycles. The van der Waals surface area contributed by atoms with E-state index in [1.54, 1.807) is 7.11 Å². The summed E-state index contributed by atoms with van der Waals surface area (Å²) in [6.45, 7) is 3.63. The zero-order chi connectivity index (χ0) is 12.3. The molecule has 1 aromatic carbocycles. The molecule has 0 saturated heterocycles. The molecule has 90 valence electrons. The molecule has 3 nitrogen and oxygen atoms in total. The van der Waals surface area contributed by atoms with Gasteiger partial charge in [-0.2, -0.15) is 5.26 Å². The van der Waals surface area contributed by atoms with Crippen molar-refractivity contribution in [1.82, 2.24) is 0 Å². The summed E-state index contributed by atoms with van der Waals surface area (Å²) in [6, 6.07) is 8.79. The van der Waals surface area contributed by atoms with Crippen LogP contribution in [0.15, 0.2) is 18.2 Å². The van der Waals surface area contributed by atoms with Crippen LogP contribution in [0.3, 0.4) is 0 Å². The molecule has 1 aliphatic carbocycles. The first kappa shape index (κ1) is 11.9. The number of para-hydroxylation sites is 1. The van der Waals surface area contributed by atoms with Gasteiger partial charge in [-0.1, -0.05) is 12.1 Å². The van der Waals surface area contributed by atoms with E-state index < -0.39 is 0 Å². The Morgan fingerprint density at radius 2 is 2.24 bits per heavy atom. The van der Waals surface area contributed by atoms with Crippen molar-refractivity contribution in [1.29, 1.82) is 5.26 Å². The van der Waals surface area contributed by atoms with Crippen molar-refractivity contribution < 1.29 is 4.74 Å². The van der Waals surface area contributed by atoms with Crippen LogP contribution < -0.4 is 4.90 Å². The largest absolute Gasteiger partial charge is 0.383 e. The molecule has 1 aromatic rings. The molecule has 0 amide bonds. The van der Waals surface area contributed by atoms with Crippen molar-refractivity contribution in [3.05, 3.63) is 29.3 Å². The van der Waals surface area contributed by atoms with Gasteiger partial charge in [-0.05, 0) is 31.4 Å². The van der Waals surface area contributed by atoms with Gasteiger partial charge in [0.05, 0.1) is 17.9 Å². The maximum Gasteiger partial charge on any atom is 0.101 e. The number of hydrogen-bond acceptors (Lipinski definition) is 3. The number of ether oxygens (including phenoxy) is 1. The molecule has 0 bridgehead atoms. The van der Waals surface area contributed by atoms with Gasteiger partial charge in [0, 0.05) is 19.7 Å². The molecule has 0 aromatic heterocycles. The molecule has 0 spiro atoms. The molecule has 1 fully saturated rings. The minimum absolute atomic E-state index is 0.596. The fraction of sp³-hybridized carbons (Fsp3) is 0.500. The smallest absolute Gasteiger partial charge is 0.101 e. The lowest BCUT2D eigenvalue weighted by molar-refractivity contribution is 0.205. The Hall–Kier alpha value is -1.53. The Labute approximate surface area is 103 Å². The summed E-state index contributed by atoms with van der Waals surface area (Å²) in [4.78, 5) is 2.33. The van der Waals surface area contributed by atoms with Gasteiger partial charge < -0.3 is 9.64 Å². The van der Waals surface area contributed by atoms with E-state index in [0.717, 1.165) is 17.8 Å². The van der Waals surface area contributed by atoms with Gasteiger partial charge in [-0.15, -0.1) is 0 Å². The second kappa shape index (κ2) is 5.20. The van der Waals surface area contributed by atoms with Crippen molar-refractivity contribution in [2.24, 2.45) is 0 Å². The normalized spacial score (nSPS) is 14.4. The Kier molecular flexibility index (Phi) is 3.65. The molecule has 0 atom stereocenters. The average molecular weight is 230 g/mol. The van der Waals surface area contributed by atoms with Crippen LogP contribution in [-0.2, 0) is 4.74 Å². The molecule has 0 aliphatic heterocycles. The van der Waals surface area contributed by atoms with Crippen molar-refractivity contribution >= 4 is 5.69 Å². The zero-order valence-electron chi connectivity index (χ0n) is 10.4. The molecular weight excluding hydrogens is 212 g/mol. The van der Waals surface area contributed by atoms with Crippen LogP contribution in [0.4, 0.5) is 5.69 Å². The fourth-order valence-electron chi connectivity index (χ4n) is 2.18. The van der Waals surface area contributed by atoms with Crippen LogP contribution in [-0.4, -0.2) is 26.3 Å². The van der Waals surface area contributed by atoms with Gasteiger partial charge in [0.1, 0.15) is 6.07 Å². The third kappa shape index (κ3) is 2.59. The van der Waals surface area contributed by atoms with E-state index in [1.807, 2.05) is 12.1 Å². The van der Waals surface area contributed by atoms with E-state index in [4.69, 9.17) is 4.74 Å². The highest BCUT2D eigenvalue weighted by Gasteiger charge is 2.30. The minimum Gasteiger partial charge on any atom is -0.383 e. The highest BCUT2D eigenvalue weighted by Crippen LogP contribution is 2.35. The van der Waals surface area contributed by atoms with Crippen LogP contribution in [0.2, 0.25) is 0 Å². The van der Waals surface area contributed by atoms with E-state index in [-0.39, 0.29) is 0 Å². The number of nitrogens with zero attached hydrogens (tertiary/aromatic N) is 2. The summed E-state index contributed by atoms with van der Waals surface area (Å²) in [5.74, 6) is 0. The third-order valence-electron chi connectivity index (χ3n) is 3.17. The molecule has 3 heteroatoms. The Balaban J connectivity index is 2.31. The summed E-state index contributed by atoms with van der Waals surface area (Å²) in [5.41, 5.74) is 3.04. The van der Waals surface area contributed by atoms with E-state index >= 15 is 0 Å². The fourth-order valence-corrected chi connectivity index (χ4v) is 2.18. The summed E-state index contributed by atoms with van der Waals surface area (Å²) < 4.78 is 5.16. The number of aryl methyl sites for hydroxylation is 1. The van der Waals surface area contributed by atoms with Crippen molar-refractivity contribution in [3.8, 4) is 6.07 Å². The highest BCUT2D eigenvalue weighted by molar-refractivity contribution is 5.65. The van der Waals surface area contributed by atoms with E-state index in [9.17, 15) is 5.26 Å². The zero-order valence-corrected chi connectivity index (χ0v) is 10.4. The first-order valence-corrected chi connectivity index (χ1v) is 6.03. The summed E-state index contributed by atoms with van der Waals surface area (Å²) in [5, 5.41) is 9.21. The van der Waals surface area contributed by atoms with Gasteiger partial charge in [0.25, 0.3) is 0 Å². The van der Waals surface area contributed by atoms with Crippen LogP contribution in [0.25, 0.3) is 0 Å². The van der Waals surface area contributed by atoms with Crippen LogP contribution in [0.1, 0.15) is 24.0 Å². The predicted molar refractivity (Wildman–Crippen MR) is 68.1 cm³/mol. The second-order valence-corrected chi connectivity index (χ2v) is 4.50. The highest BCUT2D eigenvalue weighted by atomic mass is 16.5. The molecule has 0 radical (unpaired) electrons. The molecule has 0 N–H and O–H groups in total. The molecule has 2 rings (SSSR count). The second-order valence-electron chi connectivity index (χ2n) is 4.50. The first-order chi connectivity index (χ1) is 8.27. The number of methoxy groups -OCH3 is 1. The SMILES string of the molecule is COCCN(c1c(C)cccc1C#N)C1CC1. The Bertz CT molecular complexity index is 432. The average Bonchev–Trinajstić information content (AvgIpc) is 3.15. The number of nitriles is 1. The van der Waals surface area contributed by atoms with Gasteiger partial charge in [0.2, 0.25) is 0 Å². The topological polar surface area (TPSA) is 36.3 Å². The van der Waals surface area contributed by atoms with Gasteiger partial charge in [0.15, 0.2) is 0 Å². The molecule has 1 aliphatic rings. The van der Waals surface area contributed by atoms with Crippen molar-refractivity contribution in [3.63, 3.8) is 0 Å². The van der Waals surface area contributed by atoms with Crippen LogP contribution in [0.5, 0.6) is 0 Å². The van der Waals surface area contributed by atoms with Crippen molar-refractivity contribution in [2.45, 2.75) is 25.8 Å². The maximum absolute atomic E-state index is 9.21. The lowest BCUT2D eigenvalue weighted by Gasteiger charge is -2.27. The maximum atomic E-state index is 9.21. The molecule has 0 unspecified atom stereocenters. The number of benzene rings is 1. The summed E-state index contributed by atoms with van der Waals surface area (Å²) in [7, 11) is 1.72. The summed E-state index contributed by atoms with van der Waals surface area (Å²) >= 11 is 0. The van der Waals surface area contributed by atoms with Crippen molar-refractivity contribution in [2.75, 3.05) is 25.2 Å². The predicted octanol–water partition coefficient (Wildman–Crippen LogP) is 2.48. The summed E-state index contributed by atoms with van der Waals surface area (Å²) in [6.07, 6.45) is 2.45. The Morgan fingerprint density at radius 3 is 2.82 bits per heavy atom. The van der Waals surface area contributed by atoms with Gasteiger partial charge in [-0.25, -0.2) is 0 Å². The number of hydrogen-bond donors (Lipinski definition) is 0. The van der Waals surface area contributed by atoms with Crippen LogP contribution in [0, 0.1) is 18.3 Å². The lowest BCUT2D eigenvalue weighted by atomic mass is 10.1. The number of anilines is 1.